The van der Waals surface area contributed by atoms with E-state index >= 15 is 0 Å². The van der Waals surface area contributed by atoms with Gasteiger partial charge in [-0.05, 0) is 26.2 Å². The summed E-state index contributed by atoms with van der Waals surface area (Å²) in [5.74, 6) is 0. The lowest BCUT2D eigenvalue weighted by Crippen LogP contribution is -2.40. The largest absolute Gasteiger partial charge is 0.390 e. The molecule has 0 spiro atoms. The first-order valence-corrected chi connectivity index (χ1v) is 4.62. The lowest BCUT2D eigenvalue weighted by Gasteiger charge is -2.30. The molecule has 0 amide bonds. The summed E-state index contributed by atoms with van der Waals surface area (Å²) in [5.41, 5.74) is -0.903. The molecule has 2 N–H and O–H groups in total. The Balaban J connectivity index is 4.11. The van der Waals surface area contributed by atoms with Gasteiger partial charge in [0.2, 0.25) is 0 Å². The van der Waals surface area contributed by atoms with E-state index in [1.165, 1.54) is 0 Å². The van der Waals surface area contributed by atoms with Crippen molar-refractivity contribution in [1.29, 1.82) is 0 Å². The SMILES string of the molecule is CC=CCC(O)C(O)(CC)CC. The van der Waals surface area contributed by atoms with Gasteiger partial charge in [-0.25, -0.2) is 0 Å². The molecule has 0 aromatic carbocycles. The molecule has 0 rings (SSSR count). The van der Waals surface area contributed by atoms with Gasteiger partial charge in [0.25, 0.3) is 0 Å². The monoisotopic (exact) mass is 172 g/mol. The second-order valence-electron chi connectivity index (χ2n) is 3.13. The highest BCUT2D eigenvalue weighted by atomic mass is 16.3. The lowest BCUT2D eigenvalue weighted by molar-refractivity contribution is -0.0778. The number of hydrogen-bond donors (Lipinski definition) is 2. The summed E-state index contributed by atoms with van der Waals surface area (Å²) >= 11 is 0. The Bertz CT molecular complexity index is 137. The van der Waals surface area contributed by atoms with Gasteiger partial charge < -0.3 is 10.2 Å². The van der Waals surface area contributed by atoms with E-state index in [9.17, 15) is 10.2 Å². The highest BCUT2D eigenvalue weighted by molar-refractivity contribution is 4.90. The molecule has 0 saturated carbocycles. The van der Waals surface area contributed by atoms with Gasteiger partial charge >= 0.3 is 0 Å². The summed E-state index contributed by atoms with van der Waals surface area (Å²) in [5, 5.41) is 19.4. The van der Waals surface area contributed by atoms with E-state index < -0.39 is 11.7 Å². The Kier molecular flexibility index (Phi) is 5.18. The fourth-order valence-electron chi connectivity index (χ4n) is 1.21. The Hall–Kier alpha value is -0.340. The summed E-state index contributed by atoms with van der Waals surface area (Å²) in [6.07, 6.45) is 4.86. The molecule has 2 nitrogen and oxygen atoms in total. The second kappa shape index (κ2) is 5.33. The minimum Gasteiger partial charge on any atom is -0.390 e. The predicted molar refractivity (Wildman–Crippen MR) is 51.0 cm³/mol. The van der Waals surface area contributed by atoms with Crippen LogP contribution in [-0.2, 0) is 0 Å². The molecular weight excluding hydrogens is 152 g/mol. The summed E-state index contributed by atoms with van der Waals surface area (Å²) in [7, 11) is 0. The van der Waals surface area contributed by atoms with Crippen LogP contribution in [-0.4, -0.2) is 21.9 Å². The van der Waals surface area contributed by atoms with E-state index in [4.69, 9.17) is 0 Å². The van der Waals surface area contributed by atoms with Crippen molar-refractivity contribution in [3.63, 3.8) is 0 Å². The molecule has 72 valence electrons. The zero-order valence-corrected chi connectivity index (χ0v) is 8.25. The second-order valence-corrected chi connectivity index (χ2v) is 3.13. The van der Waals surface area contributed by atoms with Crippen LogP contribution in [0.5, 0.6) is 0 Å². The molecule has 0 aromatic rings. The van der Waals surface area contributed by atoms with Crippen LogP contribution < -0.4 is 0 Å². The predicted octanol–water partition coefficient (Wildman–Crippen LogP) is 1.86. The van der Waals surface area contributed by atoms with Crippen molar-refractivity contribution in [1.82, 2.24) is 0 Å². The normalized spacial score (nSPS) is 15.4. The van der Waals surface area contributed by atoms with E-state index in [2.05, 4.69) is 0 Å². The third-order valence-electron chi connectivity index (χ3n) is 2.44. The van der Waals surface area contributed by atoms with Crippen LogP contribution in [0, 0.1) is 0 Å². The molecule has 0 heterocycles. The Morgan fingerprint density at radius 3 is 2.17 bits per heavy atom. The van der Waals surface area contributed by atoms with Gasteiger partial charge in [0.1, 0.15) is 0 Å². The van der Waals surface area contributed by atoms with Crippen LogP contribution in [0.1, 0.15) is 40.0 Å². The van der Waals surface area contributed by atoms with E-state index in [0.29, 0.717) is 19.3 Å². The van der Waals surface area contributed by atoms with Gasteiger partial charge in [0.05, 0.1) is 11.7 Å². The molecule has 1 unspecified atom stereocenters. The average molecular weight is 172 g/mol. The van der Waals surface area contributed by atoms with Crippen LogP contribution in [0.3, 0.4) is 0 Å². The van der Waals surface area contributed by atoms with Gasteiger partial charge in [-0.1, -0.05) is 26.0 Å². The first-order valence-electron chi connectivity index (χ1n) is 4.62. The highest BCUT2D eigenvalue weighted by Gasteiger charge is 2.30. The summed E-state index contributed by atoms with van der Waals surface area (Å²) in [6, 6.07) is 0. The Morgan fingerprint density at radius 2 is 1.83 bits per heavy atom. The molecule has 0 aliphatic rings. The van der Waals surface area contributed by atoms with E-state index in [-0.39, 0.29) is 0 Å². The van der Waals surface area contributed by atoms with Gasteiger partial charge in [-0.3, -0.25) is 0 Å². The third-order valence-corrected chi connectivity index (χ3v) is 2.44. The minimum absolute atomic E-state index is 0.536. The van der Waals surface area contributed by atoms with Crippen molar-refractivity contribution < 1.29 is 10.2 Å². The topological polar surface area (TPSA) is 40.5 Å². The molecule has 1 atom stereocenters. The van der Waals surface area contributed by atoms with Crippen LogP contribution in [0.25, 0.3) is 0 Å². The van der Waals surface area contributed by atoms with Gasteiger partial charge in [-0.15, -0.1) is 0 Å². The number of allylic oxidation sites excluding steroid dienone is 1. The summed E-state index contributed by atoms with van der Waals surface area (Å²) < 4.78 is 0. The smallest absolute Gasteiger partial charge is 0.0903 e. The van der Waals surface area contributed by atoms with Crippen LogP contribution in [0.15, 0.2) is 12.2 Å². The lowest BCUT2D eigenvalue weighted by atomic mass is 9.89. The van der Waals surface area contributed by atoms with Crippen molar-refractivity contribution >= 4 is 0 Å². The maximum Gasteiger partial charge on any atom is 0.0903 e. The van der Waals surface area contributed by atoms with Crippen molar-refractivity contribution in [2.24, 2.45) is 0 Å². The van der Waals surface area contributed by atoms with Crippen molar-refractivity contribution in [2.45, 2.75) is 51.7 Å². The third kappa shape index (κ3) is 2.95. The van der Waals surface area contributed by atoms with Crippen LogP contribution in [0.2, 0.25) is 0 Å². The molecule has 12 heavy (non-hydrogen) atoms. The number of aliphatic hydroxyl groups excluding tert-OH is 1. The number of aliphatic hydroxyl groups is 2. The van der Waals surface area contributed by atoms with E-state index in [0.717, 1.165) is 0 Å². The van der Waals surface area contributed by atoms with E-state index in [1.807, 2.05) is 32.9 Å². The molecule has 0 radical (unpaired) electrons. The zero-order chi connectivity index (χ0) is 9.61. The first kappa shape index (κ1) is 11.7. The van der Waals surface area contributed by atoms with Gasteiger partial charge in [0.15, 0.2) is 0 Å². The standard InChI is InChI=1S/C10H20O2/c1-4-7-8-9(11)10(12,5-2)6-3/h4,7,9,11-12H,5-6,8H2,1-3H3. The molecule has 2 heteroatoms. The molecule has 0 aromatic heterocycles. The van der Waals surface area contributed by atoms with Gasteiger partial charge in [0, 0.05) is 0 Å². The number of hydrogen-bond acceptors (Lipinski definition) is 2. The summed E-state index contributed by atoms with van der Waals surface area (Å²) in [4.78, 5) is 0. The van der Waals surface area contributed by atoms with Gasteiger partial charge in [-0.2, -0.15) is 0 Å². The molecule has 0 aliphatic carbocycles. The van der Waals surface area contributed by atoms with Crippen LogP contribution in [0.4, 0.5) is 0 Å². The summed E-state index contributed by atoms with van der Waals surface area (Å²) in [6.45, 7) is 5.69. The van der Waals surface area contributed by atoms with Crippen LogP contribution >= 0.6 is 0 Å². The Labute approximate surface area is 74.9 Å². The molecule has 0 aliphatic heterocycles. The molecule has 0 saturated heterocycles. The quantitative estimate of drug-likeness (QED) is 0.621. The number of rotatable bonds is 5. The van der Waals surface area contributed by atoms with Crippen molar-refractivity contribution in [2.75, 3.05) is 0 Å². The first-order chi connectivity index (χ1) is 5.60. The highest BCUT2D eigenvalue weighted by Crippen LogP contribution is 2.21. The molecule has 0 bridgehead atoms. The average Bonchev–Trinajstić information content (AvgIpc) is 2.12. The van der Waals surface area contributed by atoms with Crippen molar-refractivity contribution in [3.05, 3.63) is 12.2 Å². The molecular formula is C10H20O2. The fourth-order valence-corrected chi connectivity index (χ4v) is 1.21. The maximum absolute atomic E-state index is 9.84. The Morgan fingerprint density at radius 1 is 1.33 bits per heavy atom. The maximum atomic E-state index is 9.84. The fraction of sp³-hybridized carbons (Fsp3) is 0.800. The molecule has 0 fully saturated rings. The minimum atomic E-state index is -0.903. The van der Waals surface area contributed by atoms with Crippen molar-refractivity contribution in [3.8, 4) is 0 Å². The zero-order valence-electron chi connectivity index (χ0n) is 8.25. The van der Waals surface area contributed by atoms with E-state index in [1.54, 1.807) is 0 Å².